The highest BCUT2D eigenvalue weighted by molar-refractivity contribution is 6.33. The van der Waals surface area contributed by atoms with Crippen molar-refractivity contribution < 1.29 is 23.8 Å². The molecule has 0 spiro atoms. The van der Waals surface area contributed by atoms with Crippen molar-refractivity contribution in [1.29, 1.82) is 0 Å². The van der Waals surface area contributed by atoms with Gasteiger partial charge in [-0.25, -0.2) is 28.5 Å². The first-order valence-electron chi connectivity index (χ1n) is 19.0. The summed E-state index contributed by atoms with van der Waals surface area (Å²) in [6.45, 7) is 9.60. The number of hydrogen-bond donors (Lipinski definition) is 1. The van der Waals surface area contributed by atoms with Crippen LogP contribution < -0.4 is 25.0 Å². The van der Waals surface area contributed by atoms with Crippen LogP contribution in [0.2, 0.25) is 5.02 Å². The van der Waals surface area contributed by atoms with Crippen LogP contribution in [0, 0.1) is 12.7 Å². The monoisotopic (exact) mass is 805 g/mol. The minimum Gasteiger partial charge on any atom is -0.497 e. The summed E-state index contributed by atoms with van der Waals surface area (Å²) in [6, 6.07) is 25.3. The van der Waals surface area contributed by atoms with Crippen molar-refractivity contribution in [3.05, 3.63) is 129 Å². The zero-order valence-electron chi connectivity index (χ0n) is 33.2. The molecule has 4 heterocycles. The number of benzene rings is 3. The number of rotatable bonds is 11. The molecule has 58 heavy (non-hydrogen) atoms. The molecule has 1 N–H and O–H groups in total. The first kappa shape index (κ1) is 40.0. The van der Waals surface area contributed by atoms with E-state index in [-0.39, 0.29) is 53.5 Å². The molecule has 12 nitrogen and oxygen atoms in total. The van der Waals surface area contributed by atoms with Crippen LogP contribution in [0.1, 0.15) is 49.1 Å². The van der Waals surface area contributed by atoms with Crippen LogP contribution in [-0.2, 0) is 13.1 Å². The van der Waals surface area contributed by atoms with Gasteiger partial charge in [-0.2, -0.15) is 4.98 Å². The number of halogens is 2. The first-order valence-corrected chi connectivity index (χ1v) is 19.4. The third kappa shape index (κ3) is 7.99. The number of anilines is 2. The normalized spacial score (nSPS) is 14.3. The van der Waals surface area contributed by atoms with Crippen LogP contribution >= 0.6 is 11.6 Å². The molecule has 1 amide bonds. The maximum Gasteiger partial charge on any atom is 0.407 e. The van der Waals surface area contributed by atoms with Gasteiger partial charge in [-0.15, -0.1) is 0 Å². The quantitative estimate of drug-likeness (QED) is 0.136. The molecule has 0 saturated carbocycles. The molecular weight excluding hydrogens is 761 g/mol. The average molecular weight is 806 g/mol. The summed E-state index contributed by atoms with van der Waals surface area (Å²) in [6.07, 6.45) is -1.02. The highest BCUT2D eigenvalue weighted by Crippen LogP contribution is 2.37. The molecule has 1 aliphatic heterocycles. The number of carboxylic acid groups (broad SMARTS) is 1. The Morgan fingerprint density at radius 1 is 0.931 bits per heavy atom. The second-order valence-electron chi connectivity index (χ2n) is 14.7. The summed E-state index contributed by atoms with van der Waals surface area (Å²) < 4.78 is 27.6. The molecular formula is C44H45ClFN7O5. The first-order chi connectivity index (χ1) is 27.9. The number of amides is 1. The van der Waals surface area contributed by atoms with Crippen molar-refractivity contribution in [2.45, 2.75) is 52.7 Å². The molecule has 3 aromatic heterocycles. The third-order valence-electron chi connectivity index (χ3n) is 10.5. The lowest BCUT2D eigenvalue weighted by Gasteiger charge is -2.39. The van der Waals surface area contributed by atoms with Crippen LogP contribution in [-0.4, -0.2) is 75.5 Å². The Bertz CT molecular complexity index is 2480. The molecule has 1 fully saturated rings. The van der Waals surface area contributed by atoms with Crippen LogP contribution in [0.4, 0.5) is 20.8 Å². The fraction of sp³-hybridized carbons (Fsp3) is 0.295. The molecule has 1 atom stereocenters. The molecule has 1 unspecified atom stereocenters. The summed E-state index contributed by atoms with van der Waals surface area (Å²) in [7, 11) is 3.27. The maximum absolute atomic E-state index is 15.4. The number of fused-ring (bicyclic) bond motifs is 1. The number of pyridine rings is 2. The number of hydrogen-bond acceptors (Lipinski definition) is 9. The zero-order chi connectivity index (χ0) is 41.2. The van der Waals surface area contributed by atoms with Crippen molar-refractivity contribution in [1.82, 2.24) is 24.4 Å². The van der Waals surface area contributed by atoms with E-state index in [1.807, 2.05) is 87.2 Å². The second kappa shape index (κ2) is 16.7. The van der Waals surface area contributed by atoms with E-state index >= 15 is 4.39 Å². The molecule has 1 saturated heterocycles. The molecule has 1 aliphatic rings. The van der Waals surface area contributed by atoms with Crippen molar-refractivity contribution in [2.75, 3.05) is 43.7 Å². The maximum atomic E-state index is 15.4. The van der Waals surface area contributed by atoms with Gasteiger partial charge in [0, 0.05) is 44.3 Å². The number of methoxy groups -OCH3 is 2. The van der Waals surface area contributed by atoms with E-state index in [9.17, 15) is 14.7 Å². The van der Waals surface area contributed by atoms with E-state index in [4.69, 9.17) is 31.0 Å². The Balaban J connectivity index is 1.42. The van der Waals surface area contributed by atoms with Gasteiger partial charge in [0.2, 0.25) is 0 Å². The van der Waals surface area contributed by atoms with Crippen LogP contribution in [0.5, 0.6) is 11.5 Å². The number of aryl methyl sites for hydroxylation is 1. The topological polar surface area (TPSA) is 126 Å². The van der Waals surface area contributed by atoms with Crippen molar-refractivity contribution in [3.8, 4) is 28.4 Å². The fourth-order valence-corrected chi connectivity index (χ4v) is 7.72. The molecule has 6 aromatic rings. The van der Waals surface area contributed by atoms with Crippen molar-refractivity contribution in [3.63, 3.8) is 0 Å². The van der Waals surface area contributed by atoms with E-state index in [1.165, 1.54) is 15.5 Å². The van der Waals surface area contributed by atoms with Crippen LogP contribution in [0.3, 0.4) is 0 Å². The van der Waals surface area contributed by atoms with Gasteiger partial charge in [-0.1, -0.05) is 61.8 Å². The summed E-state index contributed by atoms with van der Waals surface area (Å²) in [5.74, 6) is 1.85. The molecule has 7 rings (SSSR count). The predicted molar refractivity (Wildman–Crippen MR) is 224 cm³/mol. The minimum absolute atomic E-state index is 0.165. The summed E-state index contributed by atoms with van der Waals surface area (Å²) in [5.41, 5.74) is 3.94. The number of aromatic nitrogens is 4. The van der Waals surface area contributed by atoms with Gasteiger partial charge < -0.3 is 29.3 Å². The van der Waals surface area contributed by atoms with E-state index in [2.05, 4.69) is 9.88 Å². The van der Waals surface area contributed by atoms with Crippen LogP contribution in [0.25, 0.3) is 28.0 Å². The minimum atomic E-state index is -1.02. The third-order valence-corrected chi connectivity index (χ3v) is 10.7. The smallest absolute Gasteiger partial charge is 0.407 e. The Kier molecular flexibility index (Phi) is 11.5. The Labute approximate surface area is 341 Å². The molecule has 0 radical (unpaired) electrons. The highest BCUT2D eigenvalue weighted by Gasteiger charge is 2.31. The lowest BCUT2D eigenvalue weighted by Crippen LogP contribution is -2.54. The van der Waals surface area contributed by atoms with Gasteiger partial charge in [0.1, 0.15) is 29.0 Å². The van der Waals surface area contributed by atoms with Gasteiger partial charge >= 0.3 is 11.8 Å². The Morgan fingerprint density at radius 3 is 2.10 bits per heavy atom. The van der Waals surface area contributed by atoms with E-state index < -0.39 is 17.6 Å². The zero-order valence-corrected chi connectivity index (χ0v) is 34.0. The van der Waals surface area contributed by atoms with E-state index in [0.29, 0.717) is 41.5 Å². The number of piperazine rings is 1. The van der Waals surface area contributed by atoms with Crippen molar-refractivity contribution in [2.24, 2.45) is 0 Å². The second-order valence-corrected chi connectivity index (χ2v) is 15.1. The molecule has 0 aliphatic carbocycles. The number of nitrogens with zero attached hydrogens (tertiary/aromatic N) is 7. The van der Waals surface area contributed by atoms with Crippen molar-refractivity contribution >= 4 is 40.4 Å². The largest absolute Gasteiger partial charge is 0.497 e. The molecule has 0 bridgehead atoms. The van der Waals surface area contributed by atoms with E-state index in [0.717, 1.165) is 28.2 Å². The lowest BCUT2D eigenvalue weighted by atomic mass is 10.0. The molecule has 300 valence electrons. The standard InChI is InChI=1S/C44H45ClFN7O5/c1-26(2)38-40(27(3)21-37(47-38)51(24-29-11-15-31(57-5)16-12-29)25-30-13-17-32(58-6)18-14-30)53-42-34(22-35(45)39(48-42)33-9-7-8-10-36(33)46)41(49-43(53)54)52-20-19-50(44(55)56)23-28(52)4/h7-18,21-22,26,28H,19-20,23-25H2,1-6H3,(H,55,56). The van der Waals surface area contributed by atoms with Gasteiger partial charge in [0.05, 0.1) is 41.7 Å². The van der Waals surface area contributed by atoms with Crippen LogP contribution in [0.15, 0.2) is 89.7 Å². The van der Waals surface area contributed by atoms with Gasteiger partial charge in [-0.05, 0) is 85.0 Å². The molecule has 14 heteroatoms. The van der Waals surface area contributed by atoms with Gasteiger partial charge in [-0.3, -0.25) is 0 Å². The lowest BCUT2D eigenvalue weighted by molar-refractivity contribution is 0.136. The summed E-state index contributed by atoms with van der Waals surface area (Å²) in [5, 5.41) is 10.3. The van der Waals surface area contributed by atoms with Gasteiger partial charge in [0.25, 0.3) is 0 Å². The summed E-state index contributed by atoms with van der Waals surface area (Å²) >= 11 is 6.91. The predicted octanol–water partition coefficient (Wildman–Crippen LogP) is 8.48. The Hall–Kier alpha value is -6.21. The number of carbonyl (C=O) groups is 1. The Morgan fingerprint density at radius 2 is 1.55 bits per heavy atom. The fourth-order valence-electron chi connectivity index (χ4n) is 7.46. The SMILES string of the molecule is COc1ccc(CN(Cc2ccc(OC)cc2)c2cc(C)c(-n3c(=O)nc(N4CCN(C(=O)O)CC4C)c4cc(Cl)c(-c5ccccc5F)nc43)c(C(C)C)n2)cc1. The highest BCUT2D eigenvalue weighted by atomic mass is 35.5. The summed E-state index contributed by atoms with van der Waals surface area (Å²) in [4.78, 5) is 46.8. The van der Waals surface area contributed by atoms with E-state index in [1.54, 1.807) is 38.5 Å². The van der Waals surface area contributed by atoms with Gasteiger partial charge in [0.15, 0.2) is 5.65 Å². The molecule has 3 aromatic carbocycles. The number of ether oxygens (including phenoxy) is 2. The average Bonchev–Trinajstić information content (AvgIpc) is 3.21.